The van der Waals surface area contributed by atoms with Crippen LogP contribution >= 0.6 is 0 Å². The van der Waals surface area contributed by atoms with Crippen LogP contribution in [0, 0.1) is 0 Å². The van der Waals surface area contributed by atoms with Crippen molar-refractivity contribution in [3.63, 3.8) is 0 Å². The SMILES string of the molecule is COc1ccccc1CCCN(CCCCC(=O)c1cc2c3c(c1)CCN3C(=O)CC2)C(=O)OC(C)C. The molecule has 4 rings (SSSR count). The normalized spacial score (nSPS) is 14.1. The molecule has 2 aliphatic rings. The Hall–Kier alpha value is -3.35. The van der Waals surface area contributed by atoms with Crippen molar-refractivity contribution < 1.29 is 23.9 Å². The lowest BCUT2D eigenvalue weighted by Gasteiger charge is -2.25. The number of unbranched alkanes of at least 4 members (excludes halogenated alkanes) is 1. The van der Waals surface area contributed by atoms with Crippen LogP contribution in [0.3, 0.4) is 0 Å². The molecule has 2 heterocycles. The lowest BCUT2D eigenvalue weighted by atomic mass is 9.94. The molecule has 0 fully saturated rings. The van der Waals surface area contributed by atoms with Crippen LogP contribution in [0.1, 0.15) is 73.0 Å². The second kappa shape index (κ2) is 12.3. The first kappa shape index (κ1) is 26.7. The van der Waals surface area contributed by atoms with Gasteiger partial charge >= 0.3 is 6.09 Å². The summed E-state index contributed by atoms with van der Waals surface area (Å²) in [4.78, 5) is 41.5. The lowest BCUT2D eigenvalue weighted by Crippen LogP contribution is -2.35. The smallest absolute Gasteiger partial charge is 0.410 e. The van der Waals surface area contributed by atoms with Crippen LogP contribution in [0.15, 0.2) is 36.4 Å². The van der Waals surface area contributed by atoms with Gasteiger partial charge in [-0.2, -0.15) is 0 Å². The van der Waals surface area contributed by atoms with Gasteiger partial charge in [0.2, 0.25) is 5.91 Å². The van der Waals surface area contributed by atoms with Gasteiger partial charge in [0.15, 0.2) is 5.78 Å². The fourth-order valence-electron chi connectivity index (χ4n) is 5.29. The van der Waals surface area contributed by atoms with Crippen LogP contribution in [0.5, 0.6) is 5.75 Å². The maximum atomic E-state index is 13.0. The lowest BCUT2D eigenvalue weighted by molar-refractivity contribution is -0.118. The number of amides is 2. The number of benzene rings is 2. The summed E-state index contributed by atoms with van der Waals surface area (Å²) in [6.45, 7) is 5.56. The maximum absolute atomic E-state index is 13.0. The Bertz CT molecular complexity index is 1140. The van der Waals surface area contributed by atoms with Gasteiger partial charge < -0.3 is 19.3 Å². The van der Waals surface area contributed by atoms with E-state index in [0.717, 1.165) is 65.9 Å². The number of hydrogen-bond donors (Lipinski definition) is 0. The second-order valence-corrected chi connectivity index (χ2v) is 10.2. The number of carbonyl (C=O) groups is 3. The first-order valence-corrected chi connectivity index (χ1v) is 13.4. The van der Waals surface area contributed by atoms with Gasteiger partial charge in [-0.15, -0.1) is 0 Å². The molecule has 2 aromatic rings. The fourth-order valence-corrected chi connectivity index (χ4v) is 5.29. The van der Waals surface area contributed by atoms with Gasteiger partial charge in [0.25, 0.3) is 0 Å². The van der Waals surface area contributed by atoms with E-state index in [0.29, 0.717) is 38.8 Å². The molecule has 0 unspecified atom stereocenters. The van der Waals surface area contributed by atoms with Crippen LogP contribution in [-0.2, 0) is 28.8 Å². The molecular formula is C30H38N2O5. The van der Waals surface area contributed by atoms with Crippen molar-refractivity contribution >= 4 is 23.5 Å². The zero-order valence-electron chi connectivity index (χ0n) is 22.3. The van der Waals surface area contributed by atoms with Gasteiger partial charge in [-0.25, -0.2) is 4.79 Å². The molecule has 7 heteroatoms. The highest BCUT2D eigenvalue weighted by atomic mass is 16.6. The molecule has 0 radical (unpaired) electrons. The number of Topliss-reactive ketones (excluding diaryl/α,β-unsaturated/α-hetero) is 1. The van der Waals surface area contributed by atoms with Gasteiger partial charge in [0, 0.05) is 38.0 Å². The molecule has 37 heavy (non-hydrogen) atoms. The Labute approximate surface area is 219 Å². The molecule has 0 spiro atoms. The number of carbonyl (C=O) groups excluding carboxylic acids is 3. The van der Waals surface area contributed by atoms with Gasteiger partial charge in [0.05, 0.1) is 18.9 Å². The Morgan fingerprint density at radius 3 is 2.49 bits per heavy atom. The van der Waals surface area contributed by atoms with Crippen molar-refractivity contribution in [2.45, 2.75) is 71.3 Å². The first-order chi connectivity index (χ1) is 17.9. The van der Waals surface area contributed by atoms with Crippen molar-refractivity contribution in [3.05, 3.63) is 58.7 Å². The third-order valence-corrected chi connectivity index (χ3v) is 7.12. The van der Waals surface area contributed by atoms with Crippen molar-refractivity contribution in [1.82, 2.24) is 4.90 Å². The van der Waals surface area contributed by atoms with E-state index in [-0.39, 0.29) is 23.9 Å². The average Bonchev–Trinajstić information content (AvgIpc) is 3.32. The predicted octanol–water partition coefficient (Wildman–Crippen LogP) is 5.36. The molecule has 2 amide bonds. The van der Waals surface area contributed by atoms with E-state index in [9.17, 15) is 14.4 Å². The minimum absolute atomic E-state index is 0.127. The van der Waals surface area contributed by atoms with Gasteiger partial charge in [0.1, 0.15) is 5.75 Å². The number of nitrogens with zero attached hydrogens (tertiary/aromatic N) is 2. The fraction of sp³-hybridized carbons (Fsp3) is 0.500. The van der Waals surface area contributed by atoms with Crippen LogP contribution < -0.4 is 9.64 Å². The maximum Gasteiger partial charge on any atom is 0.410 e. The quantitative estimate of drug-likeness (QED) is 0.286. The predicted molar refractivity (Wildman–Crippen MR) is 144 cm³/mol. The number of ketones is 1. The molecule has 0 bridgehead atoms. The van der Waals surface area contributed by atoms with E-state index >= 15 is 0 Å². The van der Waals surface area contributed by atoms with E-state index < -0.39 is 0 Å². The molecule has 0 atom stereocenters. The monoisotopic (exact) mass is 506 g/mol. The van der Waals surface area contributed by atoms with Crippen LogP contribution in [-0.4, -0.2) is 55.5 Å². The van der Waals surface area contributed by atoms with E-state index in [1.807, 2.05) is 55.1 Å². The summed E-state index contributed by atoms with van der Waals surface area (Å²) in [5, 5.41) is 0. The third-order valence-electron chi connectivity index (χ3n) is 7.12. The molecular weight excluding hydrogens is 468 g/mol. The number of hydrogen-bond acceptors (Lipinski definition) is 5. The summed E-state index contributed by atoms with van der Waals surface area (Å²) in [5.41, 5.74) is 5.15. The highest BCUT2D eigenvalue weighted by molar-refractivity contribution is 6.02. The zero-order chi connectivity index (χ0) is 26.4. The molecule has 0 N–H and O–H groups in total. The summed E-state index contributed by atoms with van der Waals surface area (Å²) >= 11 is 0. The molecule has 7 nitrogen and oxygen atoms in total. The zero-order valence-corrected chi connectivity index (χ0v) is 22.3. The second-order valence-electron chi connectivity index (χ2n) is 10.2. The summed E-state index contributed by atoms with van der Waals surface area (Å²) in [6, 6.07) is 11.9. The Morgan fingerprint density at radius 1 is 1.00 bits per heavy atom. The summed E-state index contributed by atoms with van der Waals surface area (Å²) in [6.07, 6.45) is 5.02. The van der Waals surface area contributed by atoms with E-state index in [4.69, 9.17) is 9.47 Å². The summed E-state index contributed by atoms with van der Waals surface area (Å²) in [7, 11) is 1.67. The minimum Gasteiger partial charge on any atom is -0.496 e. The van der Waals surface area contributed by atoms with Crippen molar-refractivity contribution in [3.8, 4) is 5.75 Å². The van der Waals surface area contributed by atoms with Gasteiger partial charge in [-0.3, -0.25) is 9.59 Å². The van der Waals surface area contributed by atoms with Crippen LogP contribution in [0.4, 0.5) is 10.5 Å². The number of para-hydroxylation sites is 1. The molecule has 0 saturated carbocycles. The van der Waals surface area contributed by atoms with Gasteiger partial charge in [-0.1, -0.05) is 18.2 Å². The van der Waals surface area contributed by atoms with Crippen molar-refractivity contribution in [1.29, 1.82) is 0 Å². The summed E-state index contributed by atoms with van der Waals surface area (Å²) < 4.78 is 10.9. The number of methoxy groups -OCH3 is 1. The number of aryl methyl sites for hydroxylation is 2. The molecule has 2 aromatic carbocycles. The Balaban J connectivity index is 1.29. The first-order valence-electron chi connectivity index (χ1n) is 13.4. The highest BCUT2D eigenvalue weighted by Crippen LogP contribution is 2.37. The van der Waals surface area contributed by atoms with Gasteiger partial charge in [-0.05, 0) is 87.3 Å². The molecule has 0 aromatic heterocycles. The standard InChI is InChI=1S/C30H38N2O5/c1-21(2)37-30(35)31(17-8-10-22-9-4-5-12-27(22)36-3)16-7-6-11-26(33)25-19-23-13-14-28(34)32-18-15-24(20-25)29(23)32/h4-5,9,12,19-21H,6-8,10-11,13-18H2,1-3H3. The molecule has 0 aliphatic carbocycles. The summed E-state index contributed by atoms with van der Waals surface area (Å²) in [5.74, 6) is 1.17. The number of rotatable bonds is 12. The molecule has 2 aliphatic heterocycles. The van der Waals surface area contributed by atoms with E-state index in [1.165, 1.54) is 0 Å². The van der Waals surface area contributed by atoms with Crippen LogP contribution in [0.25, 0.3) is 0 Å². The van der Waals surface area contributed by atoms with Crippen LogP contribution in [0.2, 0.25) is 0 Å². The van der Waals surface area contributed by atoms with E-state index in [1.54, 1.807) is 12.0 Å². The third kappa shape index (κ3) is 6.51. The largest absolute Gasteiger partial charge is 0.496 e. The number of anilines is 1. The topological polar surface area (TPSA) is 76.2 Å². The Kier molecular flexibility index (Phi) is 8.85. The van der Waals surface area contributed by atoms with Crippen molar-refractivity contribution in [2.24, 2.45) is 0 Å². The molecule has 198 valence electrons. The average molecular weight is 507 g/mol. The number of ether oxygens (including phenoxy) is 2. The van der Waals surface area contributed by atoms with E-state index in [2.05, 4.69) is 0 Å². The Morgan fingerprint density at radius 2 is 1.73 bits per heavy atom. The molecule has 0 saturated heterocycles. The van der Waals surface area contributed by atoms with Crippen molar-refractivity contribution in [2.75, 3.05) is 31.6 Å². The minimum atomic E-state index is -0.307. The highest BCUT2D eigenvalue weighted by Gasteiger charge is 2.32.